The monoisotopic (exact) mass is 205 g/mol. The quantitative estimate of drug-likeness (QED) is 0.674. The summed E-state index contributed by atoms with van der Waals surface area (Å²) in [6.07, 6.45) is 1.68. The second-order valence-electron chi connectivity index (χ2n) is 3.79. The fourth-order valence-electron chi connectivity index (χ4n) is 1.69. The Hall–Kier alpha value is -1.26. The Kier molecular flexibility index (Phi) is 3.08. The minimum Gasteiger partial charge on any atom is -0.313 e. The predicted molar refractivity (Wildman–Crippen MR) is 58.0 cm³/mol. The SMILES string of the molecule is Cc1ccnc(C(=O)C2CNCCN2)c1. The summed E-state index contributed by atoms with van der Waals surface area (Å²) in [4.78, 5) is 16.1. The number of hydrogen-bond acceptors (Lipinski definition) is 4. The molecule has 2 rings (SSSR count). The van der Waals surface area contributed by atoms with Gasteiger partial charge in [-0.3, -0.25) is 9.78 Å². The van der Waals surface area contributed by atoms with Crippen molar-refractivity contribution in [3.05, 3.63) is 29.6 Å². The van der Waals surface area contributed by atoms with Gasteiger partial charge >= 0.3 is 0 Å². The third-order valence-electron chi connectivity index (χ3n) is 2.53. The molecule has 1 aromatic rings. The van der Waals surface area contributed by atoms with E-state index in [9.17, 15) is 4.79 Å². The van der Waals surface area contributed by atoms with E-state index in [0.717, 1.165) is 18.7 Å². The first-order valence-electron chi connectivity index (χ1n) is 5.18. The number of nitrogens with one attached hydrogen (secondary N) is 2. The molecule has 1 fully saturated rings. The number of hydrogen-bond donors (Lipinski definition) is 2. The average molecular weight is 205 g/mol. The van der Waals surface area contributed by atoms with Crippen LogP contribution in [0.5, 0.6) is 0 Å². The van der Waals surface area contributed by atoms with Gasteiger partial charge in [-0.1, -0.05) is 0 Å². The Labute approximate surface area is 89.1 Å². The lowest BCUT2D eigenvalue weighted by atomic mass is 10.1. The standard InChI is InChI=1S/C11H15N3O/c1-8-2-3-13-9(6-8)11(15)10-7-12-4-5-14-10/h2-3,6,10,12,14H,4-5,7H2,1H3. The molecule has 0 bridgehead atoms. The number of nitrogens with zero attached hydrogens (tertiary/aromatic N) is 1. The normalized spacial score (nSPS) is 21.3. The fraction of sp³-hybridized carbons (Fsp3) is 0.455. The minimum absolute atomic E-state index is 0.0749. The molecule has 0 aliphatic carbocycles. The van der Waals surface area contributed by atoms with Gasteiger partial charge in [0.25, 0.3) is 0 Å². The van der Waals surface area contributed by atoms with Crippen LogP contribution in [0.4, 0.5) is 0 Å². The highest BCUT2D eigenvalue weighted by Crippen LogP contribution is 2.04. The predicted octanol–water partition coefficient (Wildman–Crippen LogP) is 0.134. The molecular weight excluding hydrogens is 190 g/mol. The molecule has 1 aliphatic rings. The third kappa shape index (κ3) is 2.40. The van der Waals surface area contributed by atoms with Crippen molar-refractivity contribution in [2.24, 2.45) is 0 Å². The van der Waals surface area contributed by atoms with E-state index in [1.807, 2.05) is 19.1 Å². The zero-order chi connectivity index (χ0) is 10.7. The van der Waals surface area contributed by atoms with Crippen molar-refractivity contribution in [3.63, 3.8) is 0 Å². The molecule has 0 amide bonds. The van der Waals surface area contributed by atoms with Crippen LogP contribution >= 0.6 is 0 Å². The second kappa shape index (κ2) is 4.51. The van der Waals surface area contributed by atoms with E-state index < -0.39 is 0 Å². The van der Waals surface area contributed by atoms with Crippen molar-refractivity contribution < 1.29 is 4.79 Å². The number of Topliss-reactive ketones (excluding diaryl/α,β-unsaturated/α-hetero) is 1. The van der Waals surface area contributed by atoms with E-state index in [2.05, 4.69) is 15.6 Å². The van der Waals surface area contributed by atoms with Gasteiger partial charge in [-0.15, -0.1) is 0 Å². The van der Waals surface area contributed by atoms with Crippen molar-refractivity contribution in [3.8, 4) is 0 Å². The van der Waals surface area contributed by atoms with Crippen LogP contribution in [-0.2, 0) is 0 Å². The maximum atomic E-state index is 12.0. The van der Waals surface area contributed by atoms with Crippen molar-refractivity contribution in [2.75, 3.05) is 19.6 Å². The minimum atomic E-state index is -0.131. The molecule has 1 saturated heterocycles. The third-order valence-corrected chi connectivity index (χ3v) is 2.53. The molecule has 1 aromatic heterocycles. The molecule has 4 heteroatoms. The molecule has 4 nitrogen and oxygen atoms in total. The number of piperazine rings is 1. The Morgan fingerprint density at radius 1 is 1.53 bits per heavy atom. The molecule has 1 unspecified atom stereocenters. The van der Waals surface area contributed by atoms with Crippen molar-refractivity contribution in [2.45, 2.75) is 13.0 Å². The van der Waals surface area contributed by atoms with Gasteiger partial charge in [-0.25, -0.2) is 0 Å². The number of aryl methyl sites for hydroxylation is 1. The van der Waals surface area contributed by atoms with Gasteiger partial charge in [-0.05, 0) is 24.6 Å². The van der Waals surface area contributed by atoms with E-state index in [4.69, 9.17) is 0 Å². The van der Waals surface area contributed by atoms with Crippen LogP contribution < -0.4 is 10.6 Å². The zero-order valence-electron chi connectivity index (χ0n) is 8.79. The molecule has 0 aromatic carbocycles. The van der Waals surface area contributed by atoms with Crippen molar-refractivity contribution in [1.29, 1.82) is 0 Å². The summed E-state index contributed by atoms with van der Waals surface area (Å²) in [5, 5.41) is 6.37. The zero-order valence-corrected chi connectivity index (χ0v) is 8.79. The first-order valence-corrected chi connectivity index (χ1v) is 5.18. The van der Waals surface area contributed by atoms with Gasteiger partial charge in [0.15, 0.2) is 5.78 Å². The molecule has 1 atom stereocenters. The molecule has 80 valence electrons. The van der Waals surface area contributed by atoms with E-state index in [1.165, 1.54) is 0 Å². The number of pyridine rings is 1. The van der Waals surface area contributed by atoms with Gasteiger partial charge in [0.05, 0.1) is 6.04 Å². The van der Waals surface area contributed by atoms with E-state index >= 15 is 0 Å². The first kappa shape index (κ1) is 10.3. The van der Waals surface area contributed by atoms with Crippen molar-refractivity contribution >= 4 is 5.78 Å². The van der Waals surface area contributed by atoms with Crippen LogP contribution in [0.25, 0.3) is 0 Å². The summed E-state index contributed by atoms with van der Waals surface area (Å²) < 4.78 is 0. The van der Waals surface area contributed by atoms with Crippen LogP contribution in [0.15, 0.2) is 18.3 Å². The van der Waals surface area contributed by atoms with Gasteiger partial charge in [0.1, 0.15) is 5.69 Å². The van der Waals surface area contributed by atoms with Crippen LogP contribution in [0, 0.1) is 6.92 Å². The Balaban J connectivity index is 2.12. The summed E-state index contributed by atoms with van der Waals surface area (Å²) in [6.45, 7) is 4.41. The van der Waals surface area contributed by atoms with E-state index in [1.54, 1.807) is 6.20 Å². The largest absolute Gasteiger partial charge is 0.313 e. The average Bonchev–Trinajstić information content (AvgIpc) is 2.29. The van der Waals surface area contributed by atoms with Crippen LogP contribution in [0.3, 0.4) is 0 Å². The number of aromatic nitrogens is 1. The summed E-state index contributed by atoms with van der Waals surface area (Å²) in [5.74, 6) is 0.0749. The lowest BCUT2D eigenvalue weighted by Gasteiger charge is -2.22. The highest BCUT2D eigenvalue weighted by atomic mass is 16.1. The summed E-state index contributed by atoms with van der Waals surface area (Å²) >= 11 is 0. The molecule has 0 saturated carbocycles. The Bertz CT molecular complexity index is 359. The molecule has 0 radical (unpaired) electrons. The van der Waals surface area contributed by atoms with Gasteiger partial charge in [0, 0.05) is 25.8 Å². The Morgan fingerprint density at radius 2 is 2.40 bits per heavy atom. The van der Waals surface area contributed by atoms with Crippen LogP contribution in [0.1, 0.15) is 16.1 Å². The van der Waals surface area contributed by atoms with Crippen LogP contribution in [0.2, 0.25) is 0 Å². The lowest BCUT2D eigenvalue weighted by molar-refractivity contribution is 0.0929. The number of ketones is 1. The number of carbonyl (C=O) groups excluding carboxylic acids is 1. The topological polar surface area (TPSA) is 54.0 Å². The summed E-state index contributed by atoms with van der Waals surface area (Å²) in [5.41, 5.74) is 1.62. The second-order valence-corrected chi connectivity index (χ2v) is 3.79. The molecule has 15 heavy (non-hydrogen) atoms. The van der Waals surface area contributed by atoms with Gasteiger partial charge in [-0.2, -0.15) is 0 Å². The maximum Gasteiger partial charge on any atom is 0.199 e. The van der Waals surface area contributed by atoms with Crippen LogP contribution in [-0.4, -0.2) is 36.4 Å². The fourth-order valence-corrected chi connectivity index (χ4v) is 1.69. The smallest absolute Gasteiger partial charge is 0.199 e. The van der Waals surface area contributed by atoms with Gasteiger partial charge in [0.2, 0.25) is 0 Å². The lowest BCUT2D eigenvalue weighted by Crippen LogP contribution is -2.52. The van der Waals surface area contributed by atoms with Gasteiger partial charge < -0.3 is 10.6 Å². The van der Waals surface area contributed by atoms with Crippen molar-refractivity contribution in [1.82, 2.24) is 15.6 Å². The van der Waals surface area contributed by atoms with E-state index in [0.29, 0.717) is 12.2 Å². The summed E-state index contributed by atoms with van der Waals surface area (Å²) in [6, 6.07) is 3.59. The number of carbonyl (C=O) groups is 1. The maximum absolute atomic E-state index is 12.0. The summed E-state index contributed by atoms with van der Waals surface area (Å²) in [7, 11) is 0. The molecule has 2 N–H and O–H groups in total. The highest BCUT2D eigenvalue weighted by Gasteiger charge is 2.22. The molecule has 2 heterocycles. The Morgan fingerprint density at radius 3 is 3.07 bits per heavy atom. The van der Waals surface area contributed by atoms with E-state index in [-0.39, 0.29) is 11.8 Å². The molecule has 1 aliphatic heterocycles. The number of rotatable bonds is 2. The molecule has 0 spiro atoms. The first-order chi connectivity index (χ1) is 7.27. The highest BCUT2D eigenvalue weighted by molar-refractivity contribution is 5.98. The molecular formula is C11H15N3O.